The zero-order valence-electron chi connectivity index (χ0n) is 16.5. The van der Waals surface area contributed by atoms with Gasteiger partial charge in [-0.15, -0.1) is 0 Å². The van der Waals surface area contributed by atoms with E-state index >= 15 is 0 Å². The molecule has 0 aliphatic carbocycles. The largest absolute Gasteiger partial charge is 0.379 e. The second-order valence-electron chi connectivity index (χ2n) is 7.14. The average Bonchev–Trinajstić information content (AvgIpc) is 2.68. The molecule has 29 heavy (non-hydrogen) atoms. The summed E-state index contributed by atoms with van der Waals surface area (Å²) < 4.78 is 33.8. The molecule has 1 N–H and O–H groups in total. The van der Waals surface area contributed by atoms with Crippen molar-refractivity contribution in [1.29, 1.82) is 0 Å². The summed E-state index contributed by atoms with van der Waals surface area (Å²) >= 11 is 0. The van der Waals surface area contributed by atoms with Crippen LogP contribution in [-0.4, -0.2) is 51.1 Å². The molecule has 0 spiro atoms. The van der Waals surface area contributed by atoms with Gasteiger partial charge in [0, 0.05) is 37.3 Å². The fourth-order valence-electron chi connectivity index (χ4n) is 3.50. The monoisotopic (exact) mass is 419 g/mol. The Morgan fingerprint density at radius 1 is 1.17 bits per heavy atom. The average molecular weight is 420 g/mol. The third-order valence-corrected chi connectivity index (χ3v) is 6.48. The molecular formula is C20H25N3O5S. The highest BCUT2D eigenvalue weighted by Crippen LogP contribution is 2.24. The number of nitro benzene ring substituents is 1. The van der Waals surface area contributed by atoms with Crippen molar-refractivity contribution in [3.8, 4) is 0 Å². The Bertz CT molecular complexity index is 987. The first-order valence-electron chi connectivity index (χ1n) is 9.41. The third-order valence-electron chi connectivity index (χ3n) is 5.06. The van der Waals surface area contributed by atoms with Crippen LogP contribution in [0, 0.1) is 24.0 Å². The van der Waals surface area contributed by atoms with Crippen molar-refractivity contribution in [2.24, 2.45) is 0 Å². The molecule has 0 saturated carbocycles. The molecule has 0 aromatic heterocycles. The Kier molecular flexibility index (Phi) is 6.63. The highest BCUT2D eigenvalue weighted by Gasteiger charge is 2.26. The first kappa shape index (κ1) is 21.4. The smallest absolute Gasteiger partial charge is 0.272 e. The molecule has 3 rings (SSSR count). The summed E-state index contributed by atoms with van der Waals surface area (Å²) in [5.74, 6) is 0. The van der Waals surface area contributed by atoms with E-state index in [0.717, 1.165) is 24.2 Å². The van der Waals surface area contributed by atoms with E-state index in [1.54, 1.807) is 0 Å². The van der Waals surface area contributed by atoms with Crippen molar-refractivity contribution >= 4 is 15.7 Å². The van der Waals surface area contributed by atoms with E-state index < -0.39 is 14.9 Å². The zero-order chi connectivity index (χ0) is 21.0. The van der Waals surface area contributed by atoms with Crippen LogP contribution in [0.3, 0.4) is 0 Å². The second kappa shape index (κ2) is 9.00. The molecule has 0 bridgehead atoms. The van der Waals surface area contributed by atoms with E-state index in [1.165, 1.54) is 25.1 Å². The van der Waals surface area contributed by atoms with Gasteiger partial charge < -0.3 is 4.74 Å². The predicted octanol–water partition coefficient (Wildman–Crippen LogP) is 2.56. The van der Waals surface area contributed by atoms with Crippen LogP contribution in [-0.2, 0) is 14.8 Å². The van der Waals surface area contributed by atoms with Crippen LogP contribution >= 0.6 is 0 Å². The quantitative estimate of drug-likeness (QED) is 0.547. The summed E-state index contributed by atoms with van der Waals surface area (Å²) in [6.45, 7) is 6.38. The van der Waals surface area contributed by atoms with Crippen LogP contribution in [0.2, 0.25) is 0 Å². The maximum Gasteiger partial charge on any atom is 0.272 e. The molecular weight excluding hydrogens is 394 g/mol. The summed E-state index contributed by atoms with van der Waals surface area (Å²) in [6, 6.07) is 11.7. The molecule has 9 heteroatoms. The van der Waals surface area contributed by atoms with E-state index in [9.17, 15) is 18.5 Å². The van der Waals surface area contributed by atoms with Crippen molar-refractivity contribution in [2.75, 3.05) is 32.8 Å². The van der Waals surface area contributed by atoms with Gasteiger partial charge in [-0.25, -0.2) is 13.1 Å². The van der Waals surface area contributed by atoms with Crippen molar-refractivity contribution in [2.45, 2.75) is 24.8 Å². The van der Waals surface area contributed by atoms with Crippen molar-refractivity contribution < 1.29 is 18.1 Å². The van der Waals surface area contributed by atoms with Gasteiger partial charge in [0.1, 0.15) is 0 Å². The lowest BCUT2D eigenvalue weighted by Crippen LogP contribution is -2.43. The molecule has 8 nitrogen and oxygen atoms in total. The van der Waals surface area contributed by atoms with Gasteiger partial charge in [0.25, 0.3) is 5.69 Å². The number of nitrogens with one attached hydrogen (secondary N) is 1. The molecule has 1 saturated heterocycles. The van der Waals surface area contributed by atoms with Crippen LogP contribution in [0.15, 0.2) is 47.4 Å². The molecule has 1 aliphatic heterocycles. The third kappa shape index (κ3) is 5.18. The van der Waals surface area contributed by atoms with Crippen molar-refractivity contribution in [1.82, 2.24) is 9.62 Å². The van der Waals surface area contributed by atoms with E-state index in [-0.39, 0.29) is 23.2 Å². The molecule has 1 heterocycles. The number of nitrogens with zero attached hydrogens (tertiary/aromatic N) is 2. The Hall–Kier alpha value is -2.33. The number of ether oxygens (including phenoxy) is 1. The second-order valence-corrected chi connectivity index (χ2v) is 8.90. The van der Waals surface area contributed by atoms with Crippen LogP contribution in [0.1, 0.15) is 22.7 Å². The normalized spacial score (nSPS) is 16.5. The van der Waals surface area contributed by atoms with Crippen molar-refractivity contribution in [3.63, 3.8) is 0 Å². The van der Waals surface area contributed by atoms with Gasteiger partial charge in [0.05, 0.1) is 23.0 Å². The number of hydrogen-bond donors (Lipinski definition) is 1. The summed E-state index contributed by atoms with van der Waals surface area (Å²) in [7, 11) is -3.81. The molecule has 0 amide bonds. The number of nitro groups is 1. The standard InChI is InChI=1S/C20H25N3O5S/c1-15-4-3-5-17(12-15)20(22-8-10-28-11-9-22)14-21-29(26,27)18-6-7-19(23(24)25)16(2)13-18/h3-7,12-13,20-21H,8-11,14H2,1-2H3. The molecule has 0 radical (unpaired) electrons. The molecule has 1 atom stereocenters. The molecule has 1 fully saturated rings. The van der Waals surface area contributed by atoms with Gasteiger partial charge >= 0.3 is 0 Å². The maximum absolute atomic E-state index is 12.8. The lowest BCUT2D eigenvalue weighted by atomic mass is 10.0. The lowest BCUT2D eigenvalue weighted by molar-refractivity contribution is -0.385. The maximum atomic E-state index is 12.8. The SMILES string of the molecule is Cc1cccc(C(CNS(=O)(=O)c2ccc([N+](=O)[O-])c(C)c2)N2CCOCC2)c1. The molecule has 2 aromatic carbocycles. The van der Waals surface area contributed by atoms with Gasteiger partial charge in [-0.1, -0.05) is 29.8 Å². The number of sulfonamides is 1. The highest BCUT2D eigenvalue weighted by molar-refractivity contribution is 7.89. The van der Waals surface area contributed by atoms with Gasteiger partial charge in [0.15, 0.2) is 0 Å². The Morgan fingerprint density at radius 3 is 2.52 bits per heavy atom. The molecule has 1 unspecified atom stereocenters. The number of aryl methyl sites for hydroxylation is 2. The van der Waals surface area contributed by atoms with Gasteiger partial charge in [-0.3, -0.25) is 15.0 Å². The van der Waals surface area contributed by atoms with Crippen LogP contribution in [0.25, 0.3) is 0 Å². The van der Waals surface area contributed by atoms with E-state index in [4.69, 9.17) is 4.74 Å². The molecule has 1 aliphatic rings. The number of morpholine rings is 1. The summed E-state index contributed by atoms with van der Waals surface area (Å²) in [4.78, 5) is 12.7. The minimum atomic E-state index is -3.81. The summed E-state index contributed by atoms with van der Waals surface area (Å²) in [6.07, 6.45) is 0. The number of hydrogen-bond acceptors (Lipinski definition) is 6. The minimum absolute atomic E-state index is 0.0190. The predicted molar refractivity (Wildman–Crippen MR) is 109 cm³/mol. The summed E-state index contributed by atoms with van der Waals surface area (Å²) in [5.41, 5.74) is 2.35. The van der Waals surface area contributed by atoms with Gasteiger partial charge in [-0.2, -0.15) is 0 Å². The lowest BCUT2D eigenvalue weighted by Gasteiger charge is -2.35. The Morgan fingerprint density at radius 2 is 1.90 bits per heavy atom. The van der Waals surface area contributed by atoms with Gasteiger partial charge in [-0.05, 0) is 31.5 Å². The first-order chi connectivity index (χ1) is 13.8. The Balaban J connectivity index is 1.82. The fraction of sp³-hybridized carbons (Fsp3) is 0.400. The topological polar surface area (TPSA) is 102 Å². The molecule has 2 aromatic rings. The van der Waals surface area contributed by atoms with E-state index in [1.807, 2.05) is 25.1 Å². The van der Waals surface area contributed by atoms with Crippen molar-refractivity contribution in [3.05, 3.63) is 69.3 Å². The van der Waals surface area contributed by atoms with Gasteiger partial charge in [0.2, 0.25) is 10.0 Å². The molecule has 156 valence electrons. The number of rotatable bonds is 7. The minimum Gasteiger partial charge on any atom is -0.379 e. The van der Waals surface area contributed by atoms with Crippen LogP contribution in [0.4, 0.5) is 5.69 Å². The van der Waals surface area contributed by atoms with E-state index in [0.29, 0.717) is 18.8 Å². The van der Waals surface area contributed by atoms with Crippen LogP contribution < -0.4 is 4.72 Å². The van der Waals surface area contributed by atoms with E-state index in [2.05, 4.69) is 15.7 Å². The first-order valence-corrected chi connectivity index (χ1v) is 10.9. The highest BCUT2D eigenvalue weighted by atomic mass is 32.2. The van der Waals surface area contributed by atoms with Crippen LogP contribution in [0.5, 0.6) is 0 Å². The Labute approximate surface area is 170 Å². The fourth-order valence-corrected chi connectivity index (χ4v) is 4.62. The zero-order valence-corrected chi connectivity index (χ0v) is 17.3. The number of benzene rings is 2. The summed E-state index contributed by atoms with van der Waals surface area (Å²) in [5, 5.41) is 11.0.